The van der Waals surface area contributed by atoms with Crippen LogP contribution in [0.1, 0.15) is 15.9 Å². The van der Waals surface area contributed by atoms with E-state index in [-0.39, 0.29) is 28.3 Å². The maximum absolute atomic E-state index is 11.1. The van der Waals surface area contributed by atoms with E-state index in [0.29, 0.717) is 0 Å². The lowest BCUT2D eigenvalue weighted by molar-refractivity contribution is -0.255. The van der Waals surface area contributed by atoms with E-state index < -0.39 is 12.0 Å². The molecule has 98 valence electrons. The van der Waals surface area contributed by atoms with E-state index in [2.05, 4.69) is 5.32 Å². The summed E-state index contributed by atoms with van der Waals surface area (Å²) in [6.45, 7) is 1.51. The number of anilines is 1. The third kappa shape index (κ3) is 2.45. The fourth-order valence-electron chi connectivity index (χ4n) is 1.67. The molecule has 3 N–H and O–H groups in total. The second kappa shape index (κ2) is 5.26. The summed E-state index contributed by atoms with van der Waals surface area (Å²) in [5.41, 5.74) is 5.04. The number of ether oxygens (including phenoxy) is 2. The second-order valence-corrected chi connectivity index (χ2v) is 3.44. The summed E-state index contributed by atoms with van der Waals surface area (Å²) >= 11 is 0. The molecule has 2 amide bonds. The molecule has 0 unspecified atom stereocenters. The Bertz CT molecular complexity index is 499. The number of carboxylic acid groups (broad SMARTS) is 1. The van der Waals surface area contributed by atoms with E-state index >= 15 is 0 Å². The summed E-state index contributed by atoms with van der Waals surface area (Å²) in [5.74, 6) is -0.910. The molecule has 7 nitrogen and oxygen atoms in total. The van der Waals surface area contributed by atoms with Crippen molar-refractivity contribution in [2.24, 2.45) is 5.73 Å². The average molecular weight is 253 g/mol. The zero-order valence-electron chi connectivity index (χ0n) is 10.2. The largest absolute Gasteiger partial charge is 0.545 e. The predicted octanol–water partition coefficient (Wildman–Crippen LogP) is -0.134. The molecule has 0 heterocycles. The quantitative estimate of drug-likeness (QED) is 0.775. The first-order valence-electron chi connectivity index (χ1n) is 4.95. The van der Waals surface area contributed by atoms with Gasteiger partial charge in [0.2, 0.25) is 0 Å². The zero-order valence-corrected chi connectivity index (χ0v) is 10.2. The van der Waals surface area contributed by atoms with Crippen molar-refractivity contribution < 1.29 is 24.2 Å². The van der Waals surface area contributed by atoms with Crippen LogP contribution in [0.25, 0.3) is 0 Å². The van der Waals surface area contributed by atoms with E-state index in [4.69, 9.17) is 15.2 Å². The summed E-state index contributed by atoms with van der Waals surface area (Å²) in [4.78, 5) is 21.9. The SMILES string of the molecule is COc1cc(NC(N)=O)c(C(=O)[O-])c(C)c1OC. The number of carbonyl (C=O) groups excluding carboxylic acids is 2. The topological polar surface area (TPSA) is 114 Å². The van der Waals surface area contributed by atoms with Gasteiger partial charge in [0.05, 0.1) is 25.9 Å². The highest BCUT2D eigenvalue weighted by atomic mass is 16.5. The minimum atomic E-state index is -1.45. The summed E-state index contributed by atoms with van der Waals surface area (Å²) in [7, 11) is 2.77. The van der Waals surface area contributed by atoms with Crippen molar-refractivity contribution in [3.63, 3.8) is 0 Å². The van der Waals surface area contributed by atoms with Gasteiger partial charge in [-0.15, -0.1) is 0 Å². The Labute approximate surface area is 103 Å². The van der Waals surface area contributed by atoms with Crippen LogP contribution in [0.2, 0.25) is 0 Å². The smallest absolute Gasteiger partial charge is 0.316 e. The standard InChI is InChI=1S/C11H14N2O5/c1-5-8(10(14)15)6(13-11(12)16)4-7(17-2)9(5)18-3/h4H,1-3H3,(H,14,15)(H3,12,13,16)/p-1. The van der Waals surface area contributed by atoms with Crippen molar-refractivity contribution in [3.8, 4) is 11.5 Å². The van der Waals surface area contributed by atoms with Gasteiger partial charge in [0.25, 0.3) is 0 Å². The van der Waals surface area contributed by atoms with E-state index in [1.165, 1.54) is 27.2 Å². The van der Waals surface area contributed by atoms with Crippen molar-refractivity contribution in [1.29, 1.82) is 0 Å². The van der Waals surface area contributed by atoms with E-state index in [1.807, 2.05) is 0 Å². The number of methoxy groups -OCH3 is 2. The number of aromatic carboxylic acids is 1. The number of nitrogens with two attached hydrogens (primary N) is 1. The number of carboxylic acids is 1. The number of hydrogen-bond donors (Lipinski definition) is 2. The summed E-state index contributed by atoms with van der Waals surface area (Å²) in [6.07, 6.45) is 0. The van der Waals surface area contributed by atoms with Crippen LogP contribution >= 0.6 is 0 Å². The van der Waals surface area contributed by atoms with Gasteiger partial charge in [-0.1, -0.05) is 0 Å². The Morgan fingerprint density at radius 3 is 2.33 bits per heavy atom. The van der Waals surface area contributed by atoms with E-state index in [1.54, 1.807) is 0 Å². The first-order valence-corrected chi connectivity index (χ1v) is 4.95. The van der Waals surface area contributed by atoms with Crippen molar-refractivity contribution >= 4 is 17.7 Å². The Morgan fingerprint density at radius 2 is 1.94 bits per heavy atom. The Morgan fingerprint density at radius 1 is 1.33 bits per heavy atom. The molecular formula is C11H13N2O5-. The number of carbonyl (C=O) groups is 2. The third-order valence-corrected chi connectivity index (χ3v) is 2.37. The van der Waals surface area contributed by atoms with Gasteiger partial charge in [-0.3, -0.25) is 0 Å². The Balaban J connectivity index is 3.54. The Kier molecular flexibility index (Phi) is 3.98. The van der Waals surface area contributed by atoms with Crippen LogP contribution in [0.3, 0.4) is 0 Å². The predicted molar refractivity (Wildman–Crippen MR) is 61.8 cm³/mol. The number of primary amides is 1. The number of benzene rings is 1. The van der Waals surface area contributed by atoms with Crippen molar-refractivity contribution in [2.45, 2.75) is 6.92 Å². The maximum atomic E-state index is 11.1. The van der Waals surface area contributed by atoms with Gasteiger partial charge in [-0.25, -0.2) is 4.79 Å². The molecule has 0 saturated carbocycles. The van der Waals surface area contributed by atoms with Gasteiger partial charge in [-0.2, -0.15) is 0 Å². The first-order chi connectivity index (χ1) is 8.42. The van der Waals surface area contributed by atoms with Crippen LogP contribution < -0.4 is 25.6 Å². The average Bonchev–Trinajstić information content (AvgIpc) is 2.26. The van der Waals surface area contributed by atoms with Gasteiger partial charge in [0, 0.05) is 17.2 Å². The Hall–Kier alpha value is -2.44. The molecule has 0 aromatic heterocycles. The molecule has 18 heavy (non-hydrogen) atoms. The van der Waals surface area contributed by atoms with E-state index in [0.717, 1.165) is 0 Å². The molecule has 0 aliphatic heterocycles. The lowest BCUT2D eigenvalue weighted by Gasteiger charge is -2.19. The highest BCUT2D eigenvalue weighted by Crippen LogP contribution is 2.37. The van der Waals surface area contributed by atoms with Gasteiger partial charge < -0.3 is 30.4 Å². The first kappa shape index (κ1) is 13.6. The molecule has 0 spiro atoms. The summed E-state index contributed by atoms with van der Waals surface area (Å²) in [6, 6.07) is 0.422. The lowest BCUT2D eigenvalue weighted by atomic mass is 10.0. The third-order valence-electron chi connectivity index (χ3n) is 2.37. The van der Waals surface area contributed by atoms with E-state index in [9.17, 15) is 14.7 Å². The molecule has 0 radical (unpaired) electrons. The van der Waals surface area contributed by atoms with Crippen LogP contribution in [0.5, 0.6) is 11.5 Å². The highest BCUT2D eigenvalue weighted by molar-refractivity contribution is 6.01. The normalized spacial score (nSPS) is 9.72. The van der Waals surface area contributed by atoms with Crippen LogP contribution in [-0.4, -0.2) is 26.2 Å². The monoisotopic (exact) mass is 253 g/mol. The molecule has 0 saturated heterocycles. The number of urea groups is 1. The molecule has 1 aromatic carbocycles. The summed E-state index contributed by atoms with van der Waals surface area (Å²) < 4.78 is 10.1. The molecule has 0 bridgehead atoms. The molecule has 0 fully saturated rings. The van der Waals surface area contributed by atoms with Crippen LogP contribution in [0.15, 0.2) is 6.07 Å². The number of rotatable bonds is 4. The summed E-state index contributed by atoms with van der Waals surface area (Å²) in [5, 5.41) is 13.3. The van der Waals surface area contributed by atoms with Crippen LogP contribution in [0.4, 0.5) is 10.5 Å². The van der Waals surface area contributed by atoms with Gasteiger partial charge in [0.1, 0.15) is 0 Å². The molecule has 0 aliphatic carbocycles. The number of hydrogen-bond acceptors (Lipinski definition) is 5. The van der Waals surface area contributed by atoms with Crippen molar-refractivity contribution in [1.82, 2.24) is 0 Å². The molecule has 1 rings (SSSR count). The lowest BCUT2D eigenvalue weighted by Crippen LogP contribution is -2.27. The molecule has 0 atom stereocenters. The number of nitrogens with one attached hydrogen (secondary N) is 1. The molecule has 0 aliphatic rings. The molecule has 1 aromatic rings. The molecular weight excluding hydrogens is 240 g/mol. The fraction of sp³-hybridized carbons (Fsp3) is 0.273. The van der Waals surface area contributed by atoms with Crippen LogP contribution in [0, 0.1) is 6.92 Å². The van der Waals surface area contributed by atoms with Gasteiger partial charge in [0.15, 0.2) is 11.5 Å². The maximum Gasteiger partial charge on any atom is 0.316 e. The minimum Gasteiger partial charge on any atom is -0.545 e. The highest BCUT2D eigenvalue weighted by Gasteiger charge is 2.18. The zero-order chi connectivity index (χ0) is 13.9. The van der Waals surface area contributed by atoms with Crippen molar-refractivity contribution in [3.05, 3.63) is 17.2 Å². The van der Waals surface area contributed by atoms with Crippen LogP contribution in [-0.2, 0) is 0 Å². The van der Waals surface area contributed by atoms with Gasteiger partial charge >= 0.3 is 6.03 Å². The van der Waals surface area contributed by atoms with Gasteiger partial charge in [-0.05, 0) is 6.92 Å². The minimum absolute atomic E-state index is 0.00218. The molecule has 7 heteroatoms. The van der Waals surface area contributed by atoms with Crippen molar-refractivity contribution in [2.75, 3.05) is 19.5 Å². The second-order valence-electron chi connectivity index (χ2n) is 3.44. The fourth-order valence-corrected chi connectivity index (χ4v) is 1.67. The number of amides is 2.